The molecule has 0 saturated heterocycles. The average molecular weight is 393 g/mol. The normalized spacial score (nSPS) is 12.8. The zero-order chi connectivity index (χ0) is 19.5. The minimum Gasteiger partial charge on any atom is -0.494 e. The summed E-state index contributed by atoms with van der Waals surface area (Å²) in [6.07, 6.45) is 2.96. The van der Waals surface area contributed by atoms with Gasteiger partial charge in [0.05, 0.1) is 12.3 Å². The number of rotatable bonds is 6. The lowest BCUT2D eigenvalue weighted by Crippen LogP contribution is -2.25. The van der Waals surface area contributed by atoms with Gasteiger partial charge in [0.1, 0.15) is 10.8 Å². The van der Waals surface area contributed by atoms with Crippen LogP contribution in [0.5, 0.6) is 5.75 Å². The van der Waals surface area contributed by atoms with Crippen LogP contribution in [0.25, 0.3) is 5.69 Å². The van der Waals surface area contributed by atoms with E-state index in [0.717, 1.165) is 47.2 Å². The Morgan fingerprint density at radius 3 is 2.64 bits per heavy atom. The van der Waals surface area contributed by atoms with E-state index in [4.69, 9.17) is 4.74 Å². The zero-order valence-corrected chi connectivity index (χ0v) is 17.1. The smallest absolute Gasteiger partial charge is 0.353 e. The fourth-order valence-corrected chi connectivity index (χ4v) is 4.84. The van der Waals surface area contributed by atoms with Gasteiger partial charge in [-0.1, -0.05) is 24.3 Å². The van der Waals surface area contributed by atoms with Gasteiger partial charge in [-0.2, -0.15) is 4.98 Å². The number of benzene rings is 2. The molecule has 0 radical (unpaired) electrons. The van der Waals surface area contributed by atoms with Crippen LogP contribution in [0, 0.1) is 6.92 Å². The van der Waals surface area contributed by atoms with Crippen molar-refractivity contribution >= 4 is 11.8 Å². The first-order chi connectivity index (χ1) is 13.7. The largest absolute Gasteiger partial charge is 0.494 e. The quantitative estimate of drug-likeness (QED) is 0.450. The molecule has 0 unspecified atom stereocenters. The van der Waals surface area contributed by atoms with Gasteiger partial charge < -0.3 is 4.74 Å². The second-order valence-corrected chi connectivity index (χ2v) is 7.92. The lowest BCUT2D eigenvalue weighted by Gasteiger charge is -2.15. The molecule has 144 valence electrons. The van der Waals surface area contributed by atoms with Crippen LogP contribution in [0.1, 0.15) is 35.7 Å². The maximum atomic E-state index is 12.9. The van der Waals surface area contributed by atoms with Crippen LogP contribution in [0.15, 0.2) is 58.4 Å². The fourth-order valence-electron chi connectivity index (χ4n) is 3.69. The van der Waals surface area contributed by atoms with Crippen LogP contribution in [0.4, 0.5) is 0 Å². The summed E-state index contributed by atoms with van der Waals surface area (Å²) in [4.78, 5) is 17.4. The topological polar surface area (TPSA) is 44.1 Å². The van der Waals surface area contributed by atoms with Gasteiger partial charge in [0.15, 0.2) is 0 Å². The Morgan fingerprint density at radius 1 is 1.11 bits per heavy atom. The predicted molar refractivity (Wildman–Crippen MR) is 114 cm³/mol. The number of hydrogen-bond donors (Lipinski definition) is 0. The maximum absolute atomic E-state index is 12.9. The van der Waals surface area contributed by atoms with Crippen molar-refractivity contribution in [1.82, 2.24) is 9.55 Å². The van der Waals surface area contributed by atoms with E-state index in [1.807, 2.05) is 31.2 Å². The summed E-state index contributed by atoms with van der Waals surface area (Å²) in [7, 11) is 0. The lowest BCUT2D eigenvalue weighted by molar-refractivity contribution is 0.340. The van der Waals surface area contributed by atoms with Crippen molar-refractivity contribution in [2.75, 3.05) is 6.61 Å². The van der Waals surface area contributed by atoms with E-state index in [-0.39, 0.29) is 5.69 Å². The molecule has 0 N–H and O–H groups in total. The molecule has 1 heterocycles. The van der Waals surface area contributed by atoms with Crippen molar-refractivity contribution in [3.8, 4) is 11.4 Å². The van der Waals surface area contributed by atoms with Crippen molar-refractivity contribution in [2.24, 2.45) is 0 Å². The van der Waals surface area contributed by atoms with Gasteiger partial charge in [0.2, 0.25) is 0 Å². The molecule has 0 aliphatic heterocycles. The Morgan fingerprint density at radius 2 is 1.89 bits per heavy atom. The molecule has 0 saturated carbocycles. The number of aromatic nitrogens is 2. The van der Waals surface area contributed by atoms with Gasteiger partial charge in [0.25, 0.3) is 0 Å². The number of ether oxygens (including phenoxy) is 1. The van der Waals surface area contributed by atoms with Crippen LogP contribution in [0.3, 0.4) is 0 Å². The molecule has 0 amide bonds. The third kappa shape index (κ3) is 3.72. The molecule has 2 aromatic carbocycles. The standard InChI is InChI=1S/C23H24N2O2S/c1-3-27-19-13-11-18(12-14-19)25-21-10-6-9-20(21)22(24-23(25)26)28-15-17-8-5-4-7-16(17)2/h4-5,7-8,11-14H,3,6,9-10,15H2,1-2H3. The molecular weight excluding hydrogens is 368 g/mol. The number of aryl methyl sites for hydroxylation is 1. The van der Waals surface area contributed by atoms with Gasteiger partial charge in [0, 0.05) is 17.0 Å². The number of nitrogens with zero attached hydrogens (tertiary/aromatic N) is 2. The van der Waals surface area contributed by atoms with Crippen molar-refractivity contribution in [3.63, 3.8) is 0 Å². The van der Waals surface area contributed by atoms with Gasteiger partial charge >= 0.3 is 5.69 Å². The minimum atomic E-state index is -0.197. The van der Waals surface area contributed by atoms with Crippen LogP contribution < -0.4 is 10.4 Å². The summed E-state index contributed by atoms with van der Waals surface area (Å²) >= 11 is 1.68. The highest BCUT2D eigenvalue weighted by Crippen LogP contribution is 2.32. The minimum absolute atomic E-state index is 0.197. The van der Waals surface area contributed by atoms with Gasteiger partial charge in [-0.15, -0.1) is 11.8 Å². The molecule has 1 aromatic heterocycles. The second kappa shape index (κ2) is 8.23. The number of thioether (sulfide) groups is 1. The molecule has 0 fully saturated rings. The molecule has 1 aliphatic rings. The van der Waals surface area contributed by atoms with Crippen LogP contribution >= 0.6 is 11.8 Å². The maximum Gasteiger partial charge on any atom is 0.353 e. The first kappa shape index (κ1) is 18.8. The third-order valence-electron chi connectivity index (χ3n) is 5.14. The highest BCUT2D eigenvalue weighted by molar-refractivity contribution is 7.98. The molecular formula is C23H24N2O2S. The molecule has 0 bridgehead atoms. The molecule has 4 nitrogen and oxygen atoms in total. The Kier molecular flexibility index (Phi) is 5.53. The average Bonchev–Trinajstić information content (AvgIpc) is 3.18. The zero-order valence-electron chi connectivity index (χ0n) is 16.3. The second-order valence-electron chi connectivity index (χ2n) is 6.96. The van der Waals surface area contributed by atoms with Crippen LogP contribution in [-0.4, -0.2) is 16.2 Å². The Labute approximate surface area is 169 Å². The first-order valence-electron chi connectivity index (χ1n) is 9.72. The van der Waals surface area contributed by atoms with Crippen molar-refractivity contribution in [2.45, 2.75) is 43.9 Å². The SMILES string of the molecule is CCOc1ccc(-n2c3c(c(SCc4ccccc4C)nc2=O)CCC3)cc1. The third-order valence-corrected chi connectivity index (χ3v) is 6.20. The van der Waals surface area contributed by atoms with E-state index in [9.17, 15) is 4.79 Å². The van der Waals surface area contributed by atoms with Crippen LogP contribution in [0.2, 0.25) is 0 Å². The molecule has 1 aliphatic carbocycles. The summed E-state index contributed by atoms with van der Waals surface area (Å²) in [6, 6.07) is 16.1. The molecule has 3 aromatic rings. The van der Waals surface area contributed by atoms with Crippen molar-refractivity contribution < 1.29 is 4.74 Å². The number of hydrogen-bond acceptors (Lipinski definition) is 4. The highest BCUT2D eigenvalue weighted by atomic mass is 32.2. The highest BCUT2D eigenvalue weighted by Gasteiger charge is 2.23. The Hall–Kier alpha value is -2.53. The molecule has 0 atom stereocenters. The first-order valence-corrected chi connectivity index (χ1v) is 10.7. The molecule has 28 heavy (non-hydrogen) atoms. The molecule has 5 heteroatoms. The molecule has 0 spiro atoms. The monoisotopic (exact) mass is 392 g/mol. The van der Waals surface area contributed by atoms with Crippen molar-refractivity contribution in [3.05, 3.63) is 81.4 Å². The summed E-state index contributed by atoms with van der Waals surface area (Å²) < 4.78 is 7.29. The Bertz CT molecular complexity index is 1040. The van der Waals surface area contributed by atoms with E-state index in [1.165, 1.54) is 16.7 Å². The van der Waals surface area contributed by atoms with E-state index in [0.29, 0.717) is 6.61 Å². The summed E-state index contributed by atoms with van der Waals surface area (Å²) in [5, 5.41) is 0.892. The van der Waals surface area contributed by atoms with Crippen LogP contribution in [-0.2, 0) is 18.6 Å². The number of fused-ring (bicyclic) bond motifs is 1. The van der Waals surface area contributed by atoms with Gasteiger partial charge in [-0.3, -0.25) is 4.57 Å². The van der Waals surface area contributed by atoms with Gasteiger partial charge in [-0.25, -0.2) is 4.79 Å². The summed E-state index contributed by atoms with van der Waals surface area (Å²) in [5.41, 5.74) is 5.56. The summed E-state index contributed by atoms with van der Waals surface area (Å²) in [5.74, 6) is 1.65. The molecule has 4 rings (SSSR count). The van der Waals surface area contributed by atoms with E-state index < -0.39 is 0 Å². The van der Waals surface area contributed by atoms with E-state index in [1.54, 1.807) is 16.3 Å². The lowest BCUT2D eigenvalue weighted by atomic mass is 10.1. The van der Waals surface area contributed by atoms with Gasteiger partial charge in [-0.05, 0) is 68.5 Å². The van der Waals surface area contributed by atoms with E-state index in [2.05, 4.69) is 36.2 Å². The Balaban J connectivity index is 1.67. The van der Waals surface area contributed by atoms with E-state index >= 15 is 0 Å². The fraction of sp³-hybridized carbons (Fsp3) is 0.304. The van der Waals surface area contributed by atoms with Crippen molar-refractivity contribution in [1.29, 1.82) is 0 Å². The predicted octanol–water partition coefficient (Wildman–Crippen LogP) is 4.72. The summed E-state index contributed by atoms with van der Waals surface area (Å²) in [6.45, 7) is 4.71.